The second-order valence-electron chi connectivity index (χ2n) is 2.45. The van der Waals surface area contributed by atoms with E-state index in [1.165, 1.54) is 11.1 Å². The standard InChI is InChI=1S/C9H11N.C2H4/c1-7-4-5-9(10-3)8(2)6-7;1-2/h4-6H,3H2,1-2H3;1-2H2. The van der Waals surface area contributed by atoms with E-state index >= 15 is 0 Å². The molecule has 0 saturated heterocycles. The highest BCUT2D eigenvalue weighted by molar-refractivity contribution is 5.51. The van der Waals surface area contributed by atoms with E-state index in [1.807, 2.05) is 19.1 Å². The lowest BCUT2D eigenvalue weighted by Gasteiger charge is -1.98. The van der Waals surface area contributed by atoms with Crippen LogP contribution in [0.2, 0.25) is 0 Å². The van der Waals surface area contributed by atoms with Crippen molar-refractivity contribution in [1.82, 2.24) is 0 Å². The minimum Gasteiger partial charge on any atom is -0.264 e. The zero-order valence-corrected chi connectivity index (χ0v) is 7.80. The summed E-state index contributed by atoms with van der Waals surface area (Å²) in [6, 6.07) is 6.12. The Kier molecular flexibility index (Phi) is 4.70. The van der Waals surface area contributed by atoms with Crippen molar-refractivity contribution in [2.75, 3.05) is 0 Å². The molecule has 0 unspecified atom stereocenters. The van der Waals surface area contributed by atoms with Crippen LogP contribution in [0.4, 0.5) is 5.69 Å². The van der Waals surface area contributed by atoms with Crippen LogP contribution in [0.3, 0.4) is 0 Å². The van der Waals surface area contributed by atoms with Crippen LogP contribution in [0.25, 0.3) is 0 Å². The van der Waals surface area contributed by atoms with Crippen molar-refractivity contribution in [1.29, 1.82) is 0 Å². The molecule has 0 spiro atoms. The van der Waals surface area contributed by atoms with E-state index in [2.05, 4.69) is 37.9 Å². The quantitative estimate of drug-likeness (QED) is 0.442. The van der Waals surface area contributed by atoms with Crippen LogP contribution in [0, 0.1) is 13.8 Å². The molecule has 1 rings (SSSR count). The zero-order chi connectivity index (χ0) is 9.56. The summed E-state index contributed by atoms with van der Waals surface area (Å²) >= 11 is 0. The van der Waals surface area contributed by atoms with Gasteiger partial charge in [0, 0.05) is 0 Å². The van der Waals surface area contributed by atoms with E-state index < -0.39 is 0 Å². The van der Waals surface area contributed by atoms with E-state index in [1.54, 1.807) is 0 Å². The van der Waals surface area contributed by atoms with Gasteiger partial charge in [-0.3, -0.25) is 4.99 Å². The molecule has 1 aromatic carbocycles. The Labute approximate surface area is 74.5 Å². The van der Waals surface area contributed by atoms with Crippen LogP contribution in [0.1, 0.15) is 11.1 Å². The average molecular weight is 161 g/mol. The number of rotatable bonds is 1. The Morgan fingerprint density at radius 2 is 1.75 bits per heavy atom. The van der Waals surface area contributed by atoms with Crippen molar-refractivity contribution in [3.63, 3.8) is 0 Å². The maximum absolute atomic E-state index is 3.86. The molecule has 0 aliphatic rings. The first kappa shape index (κ1) is 10.6. The summed E-state index contributed by atoms with van der Waals surface area (Å²) in [5, 5.41) is 0. The number of nitrogens with zero attached hydrogens (tertiary/aromatic N) is 1. The lowest BCUT2D eigenvalue weighted by Crippen LogP contribution is -1.75. The molecule has 0 amide bonds. The maximum atomic E-state index is 3.86. The number of aryl methyl sites for hydroxylation is 2. The third-order valence-electron chi connectivity index (χ3n) is 1.52. The number of hydrogen-bond donors (Lipinski definition) is 0. The van der Waals surface area contributed by atoms with E-state index in [0.717, 1.165) is 5.69 Å². The molecule has 0 atom stereocenters. The minimum absolute atomic E-state index is 0.977. The van der Waals surface area contributed by atoms with Crippen LogP contribution < -0.4 is 0 Å². The zero-order valence-electron chi connectivity index (χ0n) is 7.80. The molecular formula is C11H15N. The van der Waals surface area contributed by atoms with Gasteiger partial charge in [0.2, 0.25) is 0 Å². The van der Waals surface area contributed by atoms with Crippen LogP contribution in [-0.2, 0) is 0 Å². The highest BCUT2D eigenvalue weighted by atomic mass is 14.7. The maximum Gasteiger partial charge on any atom is 0.0651 e. The first-order valence-electron chi connectivity index (χ1n) is 3.78. The molecule has 1 nitrogen and oxygen atoms in total. The van der Waals surface area contributed by atoms with E-state index in [4.69, 9.17) is 0 Å². The molecule has 0 saturated carbocycles. The van der Waals surface area contributed by atoms with Crippen molar-refractivity contribution in [2.24, 2.45) is 4.99 Å². The van der Waals surface area contributed by atoms with Gasteiger partial charge in [-0.05, 0) is 32.2 Å². The number of aliphatic imine (C=N–C) groups is 1. The lowest BCUT2D eigenvalue weighted by atomic mass is 10.1. The second-order valence-corrected chi connectivity index (χ2v) is 2.45. The molecule has 12 heavy (non-hydrogen) atoms. The summed E-state index contributed by atoms with van der Waals surface area (Å²) < 4.78 is 0. The molecule has 1 aromatic rings. The Morgan fingerprint density at radius 1 is 1.17 bits per heavy atom. The van der Waals surface area contributed by atoms with Gasteiger partial charge in [-0.1, -0.05) is 17.7 Å². The summed E-state index contributed by atoms with van der Waals surface area (Å²) in [5.74, 6) is 0. The topological polar surface area (TPSA) is 12.4 Å². The van der Waals surface area contributed by atoms with Gasteiger partial charge in [-0.15, -0.1) is 13.2 Å². The molecule has 64 valence electrons. The molecule has 0 aliphatic carbocycles. The predicted molar refractivity (Wildman–Crippen MR) is 56.4 cm³/mol. The first-order chi connectivity index (χ1) is 5.74. The van der Waals surface area contributed by atoms with Gasteiger partial charge >= 0.3 is 0 Å². The summed E-state index contributed by atoms with van der Waals surface area (Å²) in [6.45, 7) is 13.6. The minimum atomic E-state index is 0.977. The van der Waals surface area contributed by atoms with Gasteiger partial charge in [0.15, 0.2) is 0 Å². The lowest BCUT2D eigenvalue weighted by molar-refractivity contribution is 1.35. The molecule has 0 aliphatic heterocycles. The van der Waals surface area contributed by atoms with Crippen molar-refractivity contribution < 1.29 is 0 Å². The van der Waals surface area contributed by atoms with Gasteiger partial charge < -0.3 is 0 Å². The first-order valence-corrected chi connectivity index (χ1v) is 3.78. The molecule has 0 aromatic heterocycles. The summed E-state index contributed by atoms with van der Waals surface area (Å²) in [4.78, 5) is 3.86. The van der Waals surface area contributed by atoms with Crippen LogP contribution in [-0.4, -0.2) is 6.72 Å². The van der Waals surface area contributed by atoms with Crippen molar-refractivity contribution >= 4 is 12.4 Å². The Balaban J connectivity index is 0.000000561. The molecule has 0 N–H and O–H groups in total. The largest absolute Gasteiger partial charge is 0.264 e. The summed E-state index contributed by atoms with van der Waals surface area (Å²) in [7, 11) is 0. The second kappa shape index (κ2) is 5.30. The molecule has 0 fully saturated rings. The Bertz CT molecular complexity index is 264. The normalized spacial score (nSPS) is 8.17. The molecule has 1 heteroatoms. The van der Waals surface area contributed by atoms with Gasteiger partial charge in [-0.2, -0.15) is 0 Å². The average Bonchev–Trinajstić information content (AvgIpc) is 2.08. The number of hydrogen-bond acceptors (Lipinski definition) is 1. The Hall–Kier alpha value is -1.37. The van der Waals surface area contributed by atoms with Crippen LogP contribution in [0.15, 0.2) is 36.3 Å². The fraction of sp³-hybridized carbons (Fsp3) is 0.182. The van der Waals surface area contributed by atoms with Gasteiger partial charge in [0.25, 0.3) is 0 Å². The fourth-order valence-corrected chi connectivity index (χ4v) is 0.983. The summed E-state index contributed by atoms with van der Waals surface area (Å²) in [6.07, 6.45) is 0. The third-order valence-corrected chi connectivity index (χ3v) is 1.52. The molecular weight excluding hydrogens is 146 g/mol. The smallest absolute Gasteiger partial charge is 0.0651 e. The van der Waals surface area contributed by atoms with Gasteiger partial charge in [0.1, 0.15) is 0 Å². The fourth-order valence-electron chi connectivity index (χ4n) is 0.983. The highest BCUT2D eigenvalue weighted by Crippen LogP contribution is 2.17. The van der Waals surface area contributed by atoms with Crippen molar-refractivity contribution in [2.45, 2.75) is 13.8 Å². The van der Waals surface area contributed by atoms with Gasteiger partial charge in [0.05, 0.1) is 5.69 Å². The Morgan fingerprint density at radius 3 is 2.17 bits per heavy atom. The predicted octanol–water partition coefficient (Wildman–Crippen LogP) is 3.44. The van der Waals surface area contributed by atoms with Crippen LogP contribution >= 0.6 is 0 Å². The summed E-state index contributed by atoms with van der Waals surface area (Å²) in [5.41, 5.74) is 3.44. The highest BCUT2D eigenvalue weighted by Gasteiger charge is 1.92. The van der Waals surface area contributed by atoms with Gasteiger partial charge in [-0.25, -0.2) is 0 Å². The monoisotopic (exact) mass is 161 g/mol. The van der Waals surface area contributed by atoms with E-state index in [0.29, 0.717) is 0 Å². The third kappa shape index (κ3) is 2.70. The van der Waals surface area contributed by atoms with Crippen molar-refractivity contribution in [3.8, 4) is 0 Å². The van der Waals surface area contributed by atoms with E-state index in [9.17, 15) is 0 Å². The SMILES string of the molecule is C=C.C=Nc1ccc(C)cc1C. The number of benzene rings is 1. The van der Waals surface area contributed by atoms with Crippen LogP contribution in [0.5, 0.6) is 0 Å². The molecule has 0 heterocycles. The van der Waals surface area contributed by atoms with Crippen molar-refractivity contribution in [3.05, 3.63) is 42.5 Å². The molecule has 0 bridgehead atoms. The van der Waals surface area contributed by atoms with E-state index in [-0.39, 0.29) is 0 Å². The molecule has 0 radical (unpaired) electrons.